The highest BCUT2D eigenvalue weighted by atomic mass is 35.5. The van der Waals surface area contributed by atoms with Gasteiger partial charge in [-0.1, -0.05) is 23.7 Å². The summed E-state index contributed by atoms with van der Waals surface area (Å²) in [6.45, 7) is 2.59. The summed E-state index contributed by atoms with van der Waals surface area (Å²) in [6, 6.07) is 7.45. The van der Waals surface area contributed by atoms with Crippen LogP contribution in [0.2, 0.25) is 5.02 Å². The van der Waals surface area contributed by atoms with Crippen molar-refractivity contribution in [2.24, 2.45) is 0 Å². The summed E-state index contributed by atoms with van der Waals surface area (Å²) in [5.74, 6) is -0.0307. The van der Waals surface area contributed by atoms with E-state index in [-0.39, 0.29) is 23.9 Å². The molecular weight excluding hydrogens is 324 g/mol. The molecule has 22 heavy (non-hydrogen) atoms. The van der Waals surface area contributed by atoms with Gasteiger partial charge in [-0.2, -0.15) is 0 Å². The van der Waals surface area contributed by atoms with Crippen LogP contribution >= 0.6 is 11.6 Å². The minimum absolute atomic E-state index is 0.0184. The van der Waals surface area contributed by atoms with E-state index in [4.69, 9.17) is 16.3 Å². The molecule has 0 amide bonds. The van der Waals surface area contributed by atoms with E-state index in [1.165, 1.54) is 7.11 Å². The molecule has 7 heteroatoms. The molecule has 0 aliphatic carbocycles. The van der Waals surface area contributed by atoms with E-state index in [0.29, 0.717) is 5.02 Å². The van der Waals surface area contributed by atoms with Gasteiger partial charge in [-0.25, -0.2) is 13.1 Å². The van der Waals surface area contributed by atoms with Gasteiger partial charge in [-0.15, -0.1) is 0 Å². The Kier molecular flexibility index (Phi) is 5.85. The molecule has 1 fully saturated rings. The van der Waals surface area contributed by atoms with Crippen molar-refractivity contribution in [3.63, 3.8) is 0 Å². The van der Waals surface area contributed by atoms with Gasteiger partial charge in [0, 0.05) is 24.7 Å². The standard InChI is InChI=1S/C15H23ClN2O3S/c1-11(21-3)10-22(19,20)17-14-8-9-18(2)15(14)12-4-6-13(16)7-5-12/h4-7,11,14-15,17H,8-10H2,1-3H3/t11-,14+,15+/m1/s1. The van der Waals surface area contributed by atoms with Crippen LogP contribution in [0, 0.1) is 0 Å². The monoisotopic (exact) mass is 346 g/mol. The van der Waals surface area contributed by atoms with Crippen molar-refractivity contribution in [1.29, 1.82) is 0 Å². The highest BCUT2D eigenvalue weighted by Gasteiger charge is 2.35. The highest BCUT2D eigenvalue weighted by molar-refractivity contribution is 7.89. The second-order valence-corrected chi connectivity index (χ2v) is 8.05. The lowest BCUT2D eigenvalue weighted by molar-refractivity contribution is 0.136. The maximum absolute atomic E-state index is 12.3. The third-order valence-electron chi connectivity index (χ3n) is 4.05. The quantitative estimate of drug-likeness (QED) is 0.856. The summed E-state index contributed by atoms with van der Waals surface area (Å²) >= 11 is 5.93. The zero-order valence-electron chi connectivity index (χ0n) is 13.1. The summed E-state index contributed by atoms with van der Waals surface area (Å²) in [5.41, 5.74) is 1.07. The molecule has 1 heterocycles. The fourth-order valence-electron chi connectivity index (χ4n) is 2.87. The third-order valence-corrected chi connectivity index (χ3v) is 5.87. The number of likely N-dealkylation sites (N-methyl/N-ethyl adjacent to an activating group) is 1. The summed E-state index contributed by atoms with van der Waals surface area (Å²) in [5, 5.41) is 0.676. The summed E-state index contributed by atoms with van der Waals surface area (Å²) in [6.07, 6.45) is 0.454. The third kappa shape index (κ3) is 4.43. The fourth-order valence-corrected chi connectivity index (χ4v) is 4.56. The largest absolute Gasteiger partial charge is 0.381 e. The van der Waals surface area contributed by atoms with Crippen LogP contribution in [0.4, 0.5) is 0 Å². The molecule has 1 aromatic rings. The Balaban J connectivity index is 2.14. The first kappa shape index (κ1) is 17.7. The number of likely N-dealkylation sites (tertiary alicyclic amines) is 1. The first-order chi connectivity index (χ1) is 10.3. The van der Waals surface area contributed by atoms with Crippen molar-refractivity contribution >= 4 is 21.6 Å². The number of hydrogen-bond acceptors (Lipinski definition) is 4. The Morgan fingerprint density at radius 2 is 2.05 bits per heavy atom. The van der Waals surface area contributed by atoms with Gasteiger partial charge in [0.2, 0.25) is 10.0 Å². The van der Waals surface area contributed by atoms with Gasteiger partial charge >= 0.3 is 0 Å². The number of hydrogen-bond donors (Lipinski definition) is 1. The van der Waals surface area contributed by atoms with E-state index >= 15 is 0 Å². The molecule has 1 aromatic carbocycles. The van der Waals surface area contributed by atoms with Crippen molar-refractivity contribution < 1.29 is 13.2 Å². The fraction of sp³-hybridized carbons (Fsp3) is 0.600. The number of ether oxygens (including phenoxy) is 1. The SMILES string of the molecule is CO[C@H](C)CS(=O)(=O)N[C@H]1CCN(C)[C@H]1c1ccc(Cl)cc1. The van der Waals surface area contributed by atoms with Crippen molar-refractivity contribution in [2.75, 3.05) is 26.5 Å². The molecule has 0 spiro atoms. The van der Waals surface area contributed by atoms with Crippen LogP contribution in [-0.4, -0.2) is 51.9 Å². The number of methoxy groups -OCH3 is 1. The van der Waals surface area contributed by atoms with Gasteiger partial charge in [0.1, 0.15) is 0 Å². The van der Waals surface area contributed by atoms with Crippen LogP contribution in [0.5, 0.6) is 0 Å². The maximum atomic E-state index is 12.3. The molecule has 0 unspecified atom stereocenters. The normalized spacial score (nSPS) is 24.5. The molecule has 0 radical (unpaired) electrons. The van der Waals surface area contributed by atoms with Crippen molar-refractivity contribution in [2.45, 2.75) is 31.5 Å². The van der Waals surface area contributed by atoms with Crippen molar-refractivity contribution in [3.05, 3.63) is 34.9 Å². The van der Waals surface area contributed by atoms with Gasteiger partial charge in [-0.05, 0) is 38.1 Å². The molecule has 1 aliphatic rings. The van der Waals surface area contributed by atoms with Gasteiger partial charge in [0.05, 0.1) is 17.9 Å². The van der Waals surface area contributed by atoms with E-state index in [2.05, 4.69) is 9.62 Å². The molecular formula is C15H23ClN2O3S. The van der Waals surface area contributed by atoms with Gasteiger partial charge in [0.15, 0.2) is 0 Å². The summed E-state index contributed by atoms with van der Waals surface area (Å²) in [7, 11) is 0.143. The first-order valence-corrected chi connectivity index (χ1v) is 9.34. The molecule has 0 saturated carbocycles. The molecule has 5 nitrogen and oxygen atoms in total. The average molecular weight is 347 g/mol. The lowest BCUT2D eigenvalue weighted by atomic mass is 10.0. The van der Waals surface area contributed by atoms with Gasteiger partial charge in [-0.3, -0.25) is 4.90 Å². The molecule has 1 saturated heterocycles. The number of nitrogens with one attached hydrogen (secondary N) is 1. The molecule has 2 rings (SSSR count). The number of halogens is 1. The van der Waals surface area contributed by atoms with Crippen LogP contribution in [0.1, 0.15) is 24.9 Å². The summed E-state index contributed by atoms with van der Waals surface area (Å²) < 4.78 is 32.4. The minimum Gasteiger partial charge on any atom is -0.381 e. The predicted octanol–water partition coefficient (Wildman–Crippen LogP) is 2.04. The molecule has 1 N–H and O–H groups in total. The minimum atomic E-state index is -3.38. The molecule has 0 bridgehead atoms. The maximum Gasteiger partial charge on any atom is 0.214 e. The van der Waals surface area contributed by atoms with E-state index in [1.54, 1.807) is 6.92 Å². The second-order valence-electron chi connectivity index (χ2n) is 5.82. The average Bonchev–Trinajstić information content (AvgIpc) is 2.79. The second kappa shape index (κ2) is 7.27. The first-order valence-electron chi connectivity index (χ1n) is 7.31. The Hall–Kier alpha value is -0.660. The van der Waals surface area contributed by atoms with Crippen LogP contribution in [0.25, 0.3) is 0 Å². The van der Waals surface area contributed by atoms with E-state index in [9.17, 15) is 8.42 Å². The van der Waals surface area contributed by atoms with Crippen LogP contribution in [-0.2, 0) is 14.8 Å². The van der Waals surface area contributed by atoms with Crippen molar-refractivity contribution in [1.82, 2.24) is 9.62 Å². The smallest absolute Gasteiger partial charge is 0.214 e. The lowest BCUT2D eigenvalue weighted by Crippen LogP contribution is -2.41. The van der Waals surface area contributed by atoms with E-state index in [1.807, 2.05) is 31.3 Å². The predicted molar refractivity (Wildman–Crippen MR) is 88.6 cm³/mol. The molecule has 124 valence electrons. The number of rotatable bonds is 6. The van der Waals surface area contributed by atoms with Crippen LogP contribution in [0.15, 0.2) is 24.3 Å². The Labute approximate surface area is 137 Å². The van der Waals surface area contributed by atoms with Gasteiger partial charge in [0.25, 0.3) is 0 Å². The van der Waals surface area contributed by atoms with Gasteiger partial charge < -0.3 is 4.74 Å². The number of sulfonamides is 1. The zero-order chi connectivity index (χ0) is 16.3. The molecule has 1 aliphatic heterocycles. The lowest BCUT2D eigenvalue weighted by Gasteiger charge is -2.26. The Morgan fingerprint density at radius 3 is 2.64 bits per heavy atom. The highest BCUT2D eigenvalue weighted by Crippen LogP contribution is 2.32. The topological polar surface area (TPSA) is 58.6 Å². The van der Waals surface area contributed by atoms with Crippen molar-refractivity contribution in [3.8, 4) is 0 Å². The molecule has 3 atom stereocenters. The van der Waals surface area contributed by atoms with E-state index < -0.39 is 10.0 Å². The number of benzene rings is 1. The zero-order valence-corrected chi connectivity index (χ0v) is 14.7. The van der Waals surface area contributed by atoms with E-state index in [0.717, 1.165) is 18.5 Å². The Bertz CT molecular complexity index is 591. The summed E-state index contributed by atoms with van der Waals surface area (Å²) in [4.78, 5) is 2.16. The van der Waals surface area contributed by atoms with Crippen LogP contribution < -0.4 is 4.72 Å². The molecule has 0 aromatic heterocycles. The number of nitrogens with zero attached hydrogens (tertiary/aromatic N) is 1. The Morgan fingerprint density at radius 1 is 1.41 bits per heavy atom. The van der Waals surface area contributed by atoms with Crippen LogP contribution in [0.3, 0.4) is 0 Å².